The van der Waals surface area contributed by atoms with E-state index in [9.17, 15) is 13.2 Å². The van der Waals surface area contributed by atoms with Crippen molar-refractivity contribution in [3.05, 3.63) is 89.5 Å². The molecular formula is C21H18N4O3S. The van der Waals surface area contributed by atoms with Crippen LogP contribution in [0, 0.1) is 0 Å². The van der Waals surface area contributed by atoms with Gasteiger partial charge in [0.25, 0.3) is 5.56 Å². The monoisotopic (exact) mass is 406 g/mol. The van der Waals surface area contributed by atoms with Crippen molar-refractivity contribution in [2.24, 2.45) is 0 Å². The summed E-state index contributed by atoms with van der Waals surface area (Å²) in [5.74, 6) is 0. The summed E-state index contributed by atoms with van der Waals surface area (Å²) < 4.78 is 28.6. The van der Waals surface area contributed by atoms with Gasteiger partial charge in [-0.05, 0) is 30.3 Å². The highest BCUT2D eigenvalue weighted by Crippen LogP contribution is 2.23. The Hall–Kier alpha value is -3.36. The molecule has 0 fully saturated rings. The summed E-state index contributed by atoms with van der Waals surface area (Å²) in [7, 11) is -3.65. The van der Waals surface area contributed by atoms with Gasteiger partial charge >= 0.3 is 0 Å². The van der Waals surface area contributed by atoms with Gasteiger partial charge in [0.15, 0.2) is 0 Å². The van der Waals surface area contributed by atoms with E-state index >= 15 is 0 Å². The molecule has 0 aliphatic heterocycles. The molecule has 1 N–H and O–H groups in total. The molecule has 0 unspecified atom stereocenters. The number of fused-ring (bicyclic) bond motifs is 1. The fraction of sp³-hybridized carbons (Fsp3) is 0.0952. The highest BCUT2D eigenvalue weighted by Gasteiger charge is 2.15. The first kappa shape index (κ1) is 19.0. The van der Waals surface area contributed by atoms with Crippen LogP contribution in [0.2, 0.25) is 0 Å². The quantitative estimate of drug-likeness (QED) is 0.531. The van der Waals surface area contributed by atoms with E-state index in [1.807, 2.05) is 18.2 Å². The Morgan fingerprint density at radius 1 is 0.897 bits per heavy atom. The van der Waals surface area contributed by atoms with E-state index < -0.39 is 10.0 Å². The van der Waals surface area contributed by atoms with E-state index in [0.29, 0.717) is 11.1 Å². The maximum atomic E-state index is 12.8. The van der Waals surface area contributed by atoms with E-state index in [2.05, 4.69) is 14.8 Å². The predicted molar refractivity (Wildman–Crippen MR) is 111 cm³/mol. The minimum Gasteiger partial charge on any atom is -0.267 e. The van der Waals surface area contributed by atoms with Gasteiger partial charge < -0.3 is 0 Å². The molecule has 2 aromatic heterocycles. The average Bonchev–Trinajstić information content (AvgIpc) is 2.76. The number of hydrogen-bond donors (Lipinski definition) is 1. The van der Waals surface area contributed by atoms with Crippen molar-refractivity contribution in [2.75, 3.05) is 6.54 Å². The lowest BCUT2D eigenvalue weighted by atomic mass is 10.1. The van der Waals surface area contributed by atoms with E-state index in [1.54, 1.807) is 48.8 Å². The summed E-state index contributed by atoms with van der Waals surface area (Å²) in [4.78, 5) is 17.1. The molecule has 4 aromatic rings. The zero-order valence-corrected chi connectivity index (χ0v) is 16.2. The molecule has 0 atom stereocenters. The minimum atomic E-state index is -3.65. The smallest absolute Gasteiger partial charge is 0.267 e. The van der Waals surface area contributed by atoms with Gasteiger partial charge in [-0.1, -0.05) is 36.4 Å². The predicted octanol–water partition coefficient (Wildman–Crippen LogP) is 2.44. The summed E-state index contributed by atoms with van der Waals surface area (Å²) in [5, 5.41) is 5.74. The third kappa shape index (κ3) is 3.94. The van der Waals surface area contributed by atoms with Crippen LogP contribution in [0.15, 0.2) is 88.8 Å². The van der Waals surface area contributed by atoms with Crippen LogP contribution in [0.1, 0.15) is 0 Å². The maximum absolute atomic E-state index is 12.8. The van der Waals surface area contributed by atoms with Crippen LogP contribution < -0.4 is 10.3 Å². The summed E-state index contributed by atoms with van der Waals surface area (Å²) in [5.41, 5.74) is 1.13. The van der Waals surface area contributed by atoms with Crippen LogP contribution in [0.25, 0.3) is 22.0 Å². The second-order valence-corrected chi connectivity index (χ2v) is 8.14. The zero-order chi connectivity index (χ0) is 20.3. The fourth-order valence-electron chi connectivity index (χ4n) is 3.07. The van der Waals surface area contributed by atoms with Crippen molar-refractivity contribution in [3.63, 3.8) is 0 Å². The lowest BCUT2D eigenvalue weighted by molar-refractivity contribution is 0.551. The number of nitrogens with one attached hydrogen (secondary N) is 1. The Morgan fingerprint density at radius 2 is 1.62 bits per heavy atom. The summed E-state index contributed by atoms with van der Waals surface area (Å²) in [6.07, 6.45) is 3.35. The topological polar surface area (TPSA) is 93.9 Å². The van der Waals surface area contributed by atoms with E-state index in [-0.39, 0.29) is 23.5 Å². The van der Waals surface area contributed by atoms with Crippen molar-refractivity contribution >= 4 is 20.8 Å². The van der Waals surface area contributed by atoms with Gasteiger partial charge in [-0.3, -0.25) is 9.78 Å². The molecule has 2 heterocycles. The van der Waals surface area contributed by atoms with E-state index in [4.69, 9.17) is 0 Å². The van der Waals surface area contributed by atoms with Gasteiger partial charge in [0.2, 0.25) is 10.0 Å². The first-order chi connectivity index (χ1) is 14.1. The lowest BCUT2D eigenvalue weighted by Crippen LogP contribution is -2.32. The Labute approximate surface area is 167 Å². The Balaban J connectivity index is 1.66. The molecule has 0 aliphatic carbocycles. The molecule has 0 amide bonds. The summed E-state index contributed by atoms with van der Waals surface area (Å²) in [6, 6.07) is 19.0. The lowest BCUT2D eigenvalue weighted by Gasteiger charge is -2.12. The van der Waals surface area contributed by atoms with Crippen molar-refractivity contribution in [2.45, 2.75) is 11.4 Å². The molecule has 0 bridgehead atoms. The first-order valence-electron chi connectivity index (χ1n) is 9.01. The molecule has 2 aromatic carbocycles. The molecule has 8 heteroatoms. The van der Waals surface area contributed by atoms with Crippen LogP contribution in [0.5, 0.6) is 0 Å². The van der Waals surface area contributed by atoms with E-state index in [0.717, 1.165) is 10.9 Å². The molecule has 0 saturated carbocycles. The van der Waals surface area contributed by atoms with Crippen molar-refractivity contribution < 1.29 is 8.42 Å². The fourth-order valence-corrected chi connectivity index (χ4v) is 4.11. The maximum Gasteiger partial charge on any atom is 0.274 e. The summed E-state index contributed by atoms with van der Waals surface area (Å²) in [6.45, 7) is 0.137. The molecule has 0 saturated heterocycles. The number of rotatable bonds is 6. The van der Waals surface area contributed by atoms with Gasteiger partial charge in [0.1, 0.15) is 5.69 Å². The molecule has 0 radical (unpaired) electrons. The van der Waals surface area contributed by atoms with E-state index in [1.165, 1.54) is 16.8 Å². The zero-order valence-electron chi connectivity index (χ0n) is 15.4. The van der Waals surface area contributed by atoms with Crippen LogP contribution in [-0.2, 0) is 16.6 Å². The largest absolute Gasteiger partial charge is 0.274 e. The van der Waals surface area contributed by atoms with Gasteiger partial charge in [0, 0.05) is 29.9 Å². The standard InChI is InChI=1S/C21H18N4O3S/c26-21-19-11-5-4-10-18(19)20(16-7-6-12-22-15-16)24-25(21)14-13-23-29(27,28)17-8-2-1-3-9-17/h1-12,15,23H,13-14H2. The molecule has 146 valence electrons. The number of benzene rings is 2. The second-order valence-electron chi connectivity index (χ2n) is 6.38. The molecule has 7 nitrogen and oxygen atoms in total. The van der Waals surface area contributed by atoms with Crippen LogP contribution >= 0.6 is 0 Å². The highest BCUT2D eigenvalue weighted by atomic mass is 32.2. The van der Waals surface area contributed by atoms with Gasteiger partial charge in [0.05, 0.1) is 16.8 Å². The normalized spacial score (nSPS) is 11.6. The third-order valence-corrected chi connectivity index (χ3v) is 5.95. The minimum absolute atomic E-state index is 0.0367. The van der Waals surface area contributed by atoms with Crippen LogP contribution in [-0.4, -0.2) is 29.7 Å². The molecule has 0 aliphatic rings. The van der Waals surface area contributed by atoms with Crippen LogP contribution in [0.3, 0.4) is 0 Å². The van der Waals surface area contributed by atoms with Gasteiger partial charge in [-0.2, -0.15) is 5.10 Å². The van der Waals surface area contributed by atoms with Gasteiger partial charge in [-0.25, -0.2) is 17.8 Å². The summed E-state index contributed by atoms with van der Waals surface area (Å²) >= 11 is 0. The second kappa shape index (κ2) is 7.94. The van der Waals surface area contributed by atoms with Crippen molar-refractivity contribution in [1.29, 1.82) is 0 Å². The Morgan fingerprint density at radius 3 is 2.34 bits per heavy atom. The van der Waals surface area contributed by atoms with Crippen molar-refractivity contribution in [1.82, 2.24) is 19.5 Å². The Bertz CT molecular complexity index is 1300. The van der Waals surface area contributed by atoms with Gasteiger partial charge in [-0.15, -0.1) is 0 Å². The number of aromatic nitrogens is 3. The SMILES string of the molecule is O=c1c2ccccc2c(-c2cccnc2)nn1CCNS(=O)(=O)c1ccccc1. The number of sulfonamides is 1. The Kier molecular flexibility index (Phi) is 5.20. The highest BCUT2D eigenvalue weighted by molar-refractivity contribution is 7.89. The molecular weight excluding hydrogens is 388 g/mol. The number of nitrogens with zero attached hydrogens (tertiary/aromatic N) is 3. The molecule has 29 heavy (non-hydrogen) atoms. The first-order valence-corrected chi connectivity index (χ1v) is 10.5. The number of hydrogen-bond acceptors (Lipinski definition) is 5. The molecule has 4 rings (SSSR count). The average molecular weight is 406 g/mol. The number of pyridine rings is 1. The third-order valence-electron chi connectivity index (χ3n) is 4.47. The van der Waals surface area contributed by atoms with Crippen molar-refractivity contribution in [3.8, 4) is 11.3 Å². The van der Waals surface area contributed by atoms with Crippen LogP contribution in [0.4, 0.5) is 0 Å². The molecule has 0 spiro atoms.